The van der Waals surface area contributed by atoms with Crippen molar-refractivity contribution in [3.63, 3.8) is 0 Å². The molecule has 28 heavy (non-hydrogen) atoms. The molecule has 3 aromatic carbocycles. The molecule has 0 bridgehead atoms. The number of rotatable bonds is 6. The Morgan fingerprint density at radius 1 is 0.714 bits per heavy atom. The highest BCUT2D eigenvalue weighted by molar-refractivity contribution is 5.65. The highest BCUT2D eigenvalue weighted by Gasteiger charge is 2.10. The maximum Gasteiger partial charge on any atom is 0.223 e. The second-order valence-electron chi connectivity index (χ2n) is 6.64. The van der Waals surface area contributed by atoms with Crippen molar-refractivity contribution >= 4 is 0 Å². The molecule has 0 aliphatic rings. The zero-order chi connectivity index (χ0) is 19.2. The third-order valence-corrected chi connectivity index (χ3v) is 4.49. The lowest BCUT2D eigenvalue weighted by Crippen LogP contribution is -1.96. The molecule has 0 N–H and O–H groups in total. The van der Waals surface area contributed by atoms with E-state index in [2.05, 4.69) is 24.0 Å². The van der Waals surface area contributed by atoms with Crippen LogP contribution in [-0.2, 0) is 6.42 Å². The normalized spacial score (nSPS) is 10.6. The summed E-state index contributed by atoms with van der Waals surface area (Å²) in [7, 11) is 0. The van der Waals surface area contributed by atoms with E-state index in [1.807, 2.05) is 78.9 Å². The highest BCUT2D eigenvalue weighted by atomic mass is 16.5. The lowest BCUT2D eigenvalue weighted by molar-refractivity contribution is 0.462. The van der Waals surface area contributed by atoms with Crippen molar-refractivity contribution < 1.29 is 4.74 Å². The standard InChI is InChI=1S/C25H22N2O/c1-2-9-19-14-16-22(17-15-19)28-24-18-23(20-10-5-3-6-11-20)26-25(27-24)21-12-7-4-8-13-21/h3-8,10-18H,2,9H2,1H3. The molecule has 0 amide bonds. The molecule has 0 unspecified atom stereocenters. The van der Waals surface area contributed by atoms with Crippen molar-refractivity contribution in [2.24, 2.45) is 0 Å². The molecule has 0 fully saturated rings. The Bertz CT molecular complexity index is 971. The fraction of sp³-hybridized carbons (Fsp3) is 0.120. The molecule has 1 aromatic heterocycles. The van der Waals surface area contributed by atoms with Crippen LogP contribution in [-0.4, -0.2) is 9.97 Å². The van der Waals surface area contributed by atoms with Crippen LogP contribution in [0.5, 0.6) is 11.6 Å². The van der Waals surface area contributed by atoms with Crippen LogP contribution in [0.15, 0.2) is 91.0 Å². The summed E-state index contributed by atoms with van der Waals surface area (Å²) in [5.74, 6) is 1.96. The molecule has 0 radical (unpaired) electrons. The average Bonchev–Trinajstić information content (AvgIpc) is 2.76. The van der Waals surface area contributed by atoms with Gasteiger partial charge in [0.2, 0.25) is 5.88 Å². The number of aryl methyl sites for hydroxylation is 1. The summed E-state index contributed by atoms with van der Waals surface area (Å²) in [5.41, 5.74) is 4.15. The summed E-state index contributed by atoms with van der Waals surface area (Å²) in [6.45, 7) is 2.18. The Labute approximate surface area is 165 Å². The van der Waals surface area contributed by atoms with Crippen molar-refractivity contribution in [1.82, 2.24) is 9.97 Å². The molecule has 4 aromatic rings. The number of nitrogens with zero attached hydrogens (tertiary/aromatic N) is 2. The van der Waals surface area contributed by atoms with E-state index in [4.69, 9.17) is 9.72 Å². The zero-order valence-electron chi connectivity index (χ0n) is 15.9. The molecule has 0 aliphatic heterocycles. The van der Waals surface area contributed by atoms with E-state index in [9.17, 15) is 0 Å². The first kappa shape index (κ1) is 17.9. The first-order valence-corrected chi connectivity index (χ1v) is 9.58. The van der Waals surface area contributed by atoms with Crippen LogP contribution in [0.4, 0.5) is 0 Å². The molecule has 1 heterocycles. The van der Waals surface area contributed by atoms with E-state index in [0.29, 0.717) is 11.7 Å². The number of aromatic nitrogens is 2. The third kappa shape index (κ3) is 4.26. The first-order chi connectivity index (χ1) is 13.8. The van der Waals surface area contributed by atoms with Crippen LogP contribution in [0, 0.1) is 0 Å². The van der Waals surface area contributed by atoms with Gasteiger partial charge in [-0.2, -0.15) is 4.98 Å². The second-order valence-corrected chi connectivity index (χ2v) is 6.64. The van der Waals surface area contributed by atoms with Gasteiger partial charge >= 0.3 is 0 Å². The van der Waals surface area contributed by atoms with Gasteiger partial charge in [-0.25, -0.2) is 4.98 Å². The Morgan fingerprint density at radius 3 is 2.00 bits per heavy atom. The molecule has 4 rings (SSSR count). The van der Waals surface area contributed by atoms with E-state index in [0.717, 1.165) is 35.4 Å². The predicted octanol–water partition coefficient (Wildman–Crippen LogP) is 6.56. The van der Waals surface area contributed by atoms with Crippen molar-refractivity contribution in [2.75, 3.05) is 0 Å². The van der Waals surface area contributed by atoms with E-state index in [-0.39, 0.29) is 0 Å². The fourth-order valence-electron chi connectivity index (χ4n) is 3.08. The van der Waals surface area contributed by atoms with Crippen molar-refractivity contribution in [2.45, 2.75) is 19.8 Å². The zero-order valence-corrected chi connectivity index (χ0v) is 15.9. The average molecular weight is 366 g/mol. The minimum absolute atomic E-state index is 0.538. The number of ether oxygens (including phenoxy) is 1. The summed E-state index contributed by atoms with van der Waals surface area (Å²) in [4.78, 5) is 9.41. The van der Waals surface area contributed by atoms with Crippen LogP contribution < -0.4 is 4.74 Å². The van der Waals surface area contributed by atoms with Crippen LogP contribution in [0.3, 0.4) is 0 Å². The summed E-state index contributed by atoms with van der Waals surface area (Å²) in [6.07, 6.45) is 2.21. The molecule has 3 heteroatoms. The van der Waals surface area contributed by atoms with Crippen LogP contribution in [0.25, 0.3) is 22.6 Å². The SMILES string of the molecule is CCCc1ccc(Oc2cc(-c3ccccc3)nc(-c3ccccc3)n2)cc1. The van der Waals surface area contributed by atoms with Crippen LogP contribution in [0.2, 0.25) is 0 Å². The van der Waals surface area contributed by atoms with E-state index >= 15 is 0 Å². The molecule has 3 nitrogen and oxygen atoms in total. The smallest absolute Gasteiger partial charge is 0.223 e. The largest absolute Gasteiger partial charge is 0.439 e. The van der Waals surface area contributed by atoms with Gasteiger partial charge in [0.05, 0.1) is 5.69 Å². The van der Waals surface area contributed by atoms with Gasteiger partial charge in [-0.15, -0.1) is 0 Å². The van der Waals surface area contributed by atoms with Gasteiger partial charge in [0.25, 0.3) is 0 Å². The Hall–Kier alpha value is -3.46. The van der Waals surface area contributed by atoms with Gasteiger partial charge in [-0.1, -0.05) is 86.1 Å². The summed E-state index contributed by atoms with van der Waals surface area (Å²) in [6, 6.07) is 30.2. The van der Waals surface area contributed by atoms with Gasteiger partial charge in [0, 0.05) is 17.2 Å². The van der Waals surface area contributed by atoms with Crippen LogP contribution in [0.1, 0.15) is 18.9 Å². The third-order valence-electron chi connectivity index (χ3n) is 4.49. The summed E-state index contributed by atoms with van der Waals surface area (Å²) in [5, 5.41) is 0. The second kappa shape index (κ2) is 8.49. The first-order valence-electron chi connectivity index (χ1n) is 9.58. The van der Waals surface area contributed by atoms with Crippen molar-refractivity contribution in [1.29, 1.82) is 0 Å². The minimum atomic E-state index is 0.538. The number of hydrogen-bond donors (Lipinski definition) is 0. The van der Waals surface area contributed by atoms with E-state index in [1.54, 1.807) is 0 Å². The Balaban J connectivity index is 1.71. The maximum atomic E-state index is 6.08. The molecule has 138 valence electrons. The Morgan fingerprint density at radius 2 is 1.36 bits per heavy atom. The molecular weight excluding hydrogens is 344 g/mol. The van der Waals surface area contributed by atoms with Gasteiger partial charge in [-0.05, 0) is 24.1 Å². The molecular formula is C25H22N2O. The van der Waals surface area contributed by atoms with Crippen molar-refractivity contribution in [3.05, 3.63) is 96.6 Å². The number of benzene rings is 3. The van der Waals surface area contributed by atoms with Crippen LogP contribution >= 0.6 is 0 Å². The van der Waals surface area contributed by atoms with Crippen molar-refractivity contribution in [3.8, 4) is 34.3 Å². The topological polar surface area (TPSA) is 35.0 Å². The summed E-state index contributed by atoms with van der Waals surface area (Å²) < 4.78 is 6.08. The van der Waals surface area contributed by atoms with Gasteiger partial charge < -0.3 is 4.74 Å². The molecule has 0 atom stereocenters. The molecule has 0 aliphatic carbocycles. The summed E-state index contributed by atoms with van der Waals surface area (Å²) >= 11 is 0. The maximum absolute atomic E-state index is 6.08. The number of hydrogen-bond acceptors (Lipinski definition) is 3. The molecule has 0 spiro atoms. The Kier molecular flexibility index (Phi) is 5.43. The van der Waals surface area contributed by atoms with Gasteiger partial charge in [-0.3, -0.25) is 0 Å². The monoisotopic (exact) mass is 366 g/mol. The fourth-order valence-corrected chi connectivity index (χ4v) is 3.08. The quantitative estimate of drug-likeness (QED) is 0.388. The van der Waals surface area contributed by atoms with E-state index in [1.165, 1.54) is 5.56 Å². The van der Waals surface area contributed by atoms with Gasteiger partial charge in [0.15, 0.2) is 5.82 Å². The van der Waals surface area contributed by atoms with Gasteiger partial charge in [0.1, 0.15) is 5.75 Å². The molecule has 0 saturated heterocycles. The minimum Gasteiger partial charge on any atom is -0.439 e. The lowest BCUT2D eigenvalue weighted by Gasteiger charge is -2.10. The predicted molar refractivity (Wildman–Crippen MR) is 113 cm³/mol. The highest BCUT2D eigenvalue weighted by Crippen LogP contribution is 2.28. The molecule has 0 saturated carbocycles. The lowest BCUT2D eigenvalue weighted by atomic mass is 10.1. The van der Waals surface area contributed by atoms with E-state index < -0.39 is 0 Å².